The van der Waals surface area contributed by atoms with Gasteiger partial charge in [0.1, 0.15) is 5.75 Å². The van der Waals surface area contributed by atoms with E-state index in [0.29, 0.717) is 39.4 Å². The third-order valence-corrected chi connectivity index (χ3v) is 6.84. The van der Waals surface area contributed by atoms with Crippen molar-refractivity contribution in [2.75, 3.05) is 98.9 Å². The van der Waals surface area contributed by atoms with Crippen molar-refractivity contribution in [2.45, 2.75) is 6.54 Å². The lowest BCUT2D eigenvalue weighted by Crippen LogP contribution is -2.55. The fraction of sp³-hybridized carbons (Fsp3) is 0.667. The quantitative estimate of drug-likeness (QED) is 0.560. The smallest absolute Gasteiger partial charge is 0.236 e. The van der Waals surface area contributed by atoms with Gasteiger partial charge in [-0.15, -0.1) is 0 Å². The standard InChI is InChI=1S/C24H37N5O4/c1-32-22-4-2-21(3-5-22)18-25-6-10-28(11-7-25)23(30)19-26-8-12-29(13-9-26)24(31)20-27-14-16-33-17-15-27/h2-5H,6-20H2,1H3. The number of ether oxygens (including phenoxy) is 2. The van der Waals surface area contributed by atoms with Crippen LogP contribution in [0.1, 0.15) is 5.56 Å². The topological polar surface area (TPSA) is 68.8 Å². The maximum atomic E-state index is 12.8. The summed E-state index contributed by atoms with van der Waals surface area (Å²) in [6.07, 6.45) is 0. The average molecular weight is 460 g/mol. The Balaban J connectivity index is 1.13. The van der Waals surface area contributed by atoms with Crippen LogP contribution < -0.4 is 4.74 Å². The largest absolute Gasteiger partial charge is 0.497 e. The molecule has 0 aromatic heterocycles. The molecule has 1 aromatic carbocycles. The molecule has 3 aliphatic heterocycles. The number of methoxy groups -OCH3 is 1. The molecule has 0 bridgehead atoms. The molecule has 0 spiro atoms. The van der Waals surface area contributed by atoms with E-state index in [0.717, 1.165) is 64.7 Å². The van der Waals surface area contributed by atoms with Crippen LogP contribution in [-0.4, -0.2) is 135 Å². The van der Waals surface area contributed by atoms with Crippen molar-refractivity contribution in [3.63, 3.8) is 0 Å². The molecule has 4 rings (SSSR count). The van der Waals surface area contributed by atoms with Crippen LogP contribution in [0, 0.1) is 0 Å². The Morgan fingerprint density at radius 3 is 1.73 bits per heavy atom. The van der Waals surface area contributed by atoms with Gasteiger partial charge in [-0.25, -0.2) is 0 Å². The summed E-state index contributed by atoms with van der Waals surface area (Å²) in [4.78, 5) is 36.1. The monoisotopic (exact) mass is 459 g/mol. The number of carbonyl (C=O) groups excluding carboxylic acids is 2. The number of amides is 2. The number of hydrogen-bond acceptors (Lipinski definition) is 7. The van der Waals surface area contributed by atoms with E-state index in [4.69, 9.17) is 9.47 Å². The summed E-state index contributed by atoms with van der Waals surface area (Å²) < 4.78 is 10.6. The maximum Gasteiger partial charge on any atom is 0.236 e. The molecule has 182 valence electrons. The predicted molar refractivity (Wildman–Crippen MR) is 125 cm³/mol. The fourth-order valence-electron chi connectivity index (χ4n) is 4.64. The SMILES string of the molecule is COc1ccc(CN2CCN(C(=O)CN3CCN(C(=O)CN4CCOCC4)CC3)CC2)cc1. The predicted octanol–water partition coefficient (Wildman–Crippen LogP) is -0.184. The summed E-state index contributed by atoms with van der Waals surface area (Å²) in [6.45, 7) is 11.1. The molecule has 9 nitrogen and oxygen atoms in total. The first kappa shape index (κ1) is 23.9. The Morgan fingerprint density at radius 1 is 0.727 bits per heavy atom. The van der Waals surface area contributed by atoms with Crippen molar-refractivity contribution in [3.05, 3.63) is 29.8 Å². The van der Waals surface area contributed by atoms with Crippen LogP contribution in [0.4, 0.5) is 0 Å². The number of carbonyl (C=O) groups is 2. The van der Waals surface area contributed by atoms with Gasteiger partial charge in [0.25, 0.3) is 0 Å². The average Bonchev–Trinajstić information content (AvgIpc) is 2.86. The van der Waals surface area contributed by atoms with Gasteiger partial charge < -0.3 is 19.3 Å². The molecule has 3 fully saturated rings. The Kier molecular flexibility index (Phi) is 8.55. The van der Waals surface area contributed by atoms with Crippen molar-refractivity contribution in [1.82, 2.24) is 24.5 Å². The second-order valence-electron chi connectivity index (χ2n) is 9.05. The molecule has 3 heterocycles. The zero-order valence-corrected chi connectivity index (χ0v) is 19.8. The van der Waals surface area contributed by atoms with E-state index in [9.17, 15) is 9.59 Å². The summed E-state index contributed by atoms with van der Waals surface area (Å²) in [5, 5.41) is 0. The van der Waals surface area contributed by atoms with E-state index in [2.05, 4.69) is 26.8 Å². The third kappa shape index (κ3) is 6.89. The van der Waals surface area contributed by atoms with E-state index >= 15 is 0 Å². The highest BCUT2D eigenvalue weighted by molar-refractivity contribution is 5.79. The zero-order valence-electron chi connectivity index (χ0n) is 19.8. The number of rotatable bonds is 7. The van der Waals surface area contributed by atoms with Crippen LogP contribution in [0.15, 0.2) is 24.3 Å². The molecule has 0 aliphatic carbocycles. The van der Waals surface area contributed by atoms with E-state index in [1.165, 1.54) is 5.56 Å². The Bertz CT molecular complexity index is 768. The van der Waals surface area contributed by atoms with Crippen molar-refractivity contribution < 1.29 is 19.1 Å². The number of nitrogens with zero attached hydrogens (tertiary/aromatic N) is 5. The molecule has 0 radical (unpaired) electrons. The summed E-state index contributed by atoms with van der Waals surface area (Å²) in [5.41, 5.74) is 1.26. The van der Waals surface area contributed by atoms with Gasteiger partial charge in [0.05, 0.1) is 33.4 Å². The van der Waals surface area contributed by atoms with Crippen LogP contribution in [0.3, 0.4) is 0 Å². The first-order valence-corrected chi connectivity index (χ1v) is 12.0. The van der Waals surface area contributed by atoms with E-state index in [1.54, 1.807) is 7.11 Å². The van der Waals surface area contributed by atoms with Gasteiger partial charge in [-0.05, 0) is 17.7 Å². The van der Waals surface area contributed by atoms with Crippen LogP contribution in [0.2, 0.25) is 0 Å². The van der Waals surface area contributed by atoms with Crippen LogP contribution >= 0.6 is 0 Å². The minimum atomic E-state index is 0.191. The minimum absolute atomic E-state index is 0.191. The first-order chi connectivity index (χ1) is 16.1. The van der Waals surface area contributed by atoms with Crippen molar-refractivity contribution in [3.8, 4) is 5.75 Å². The number of piperazine rings is 2. The highest BCUT2D eigenvalue weighted by Gasteiger charge is 2.27. The van der Waals surface area contributed by atoms with Gasteiger partial charge >= 0.3 is 0 Å². The molecule has 0 N–H and O–H groups in total. The summed E-state index contributed by atoms with van der Waals surface area (Å²) >= 11 is 0. The molecular formula is C24H37N5O4. The van der Waals surface area contributed by atoms with E-state index < -0.39 is 0 Å². The second-order valence-corrected chi connectivity index (χ2v) is 9.05. The number of hydrogen-bond donors (Lipinski definition) is 0. The number of morpholine rings is 1. The van der Waals surface area contributed by atoms with Gasteiger partial charge in [-0.1, -0.05) is 12.1 Å². The van der Waals surface area contributed by atoms with Gasteiger partial charge in [0.15, 0.2) is 0 Å². The molecule has 0 atom stereocenters. The van der Waals surface area contributed by atoms with Crippen LogP contribution in [0.5, 0.6) is 5.75 Å². The summed E-state index contributed by atoms with van der Waals surface area (Å²) in [6, 6.07) is 8.18. The molecular weight excluding hydrogens is 422 g/mol. The normalized spacial score (nSPS) is 21.2. The van der Waals surface area contributed by atoms with Crippen molar-refractivity contribution in [1.29, 1.82) is 0 Å². The summed E-state index contributed by atoms with van der Waals surface area (Å²) in [7, 11) is 1.68. The highest BCUT2D eigenvalue weighted by Crippen LogP contribution is 2.14. The summed E-state index contributed by atoms with van der Waals surface area (Å²) in [5.74, 6) is 1.26. The van der Waals surface area contributed by atoms with Gasteiger partial charge in [0.2, 0.25) is 11.8 Å². The molecule has 33 heavy (non-hydrogen) atoms. The lowest BCUT2D eigenvalue weighted by atomic mass is 10.2. The molecule has 9 heteroatoms. The van der Waals surface area contributed by atoms with Gasteiger partial charge in [0, 0.05) is 72.0 Å². The van der Waals surface area contributed by atoms with E-state index in [-0.39, 0.29) is 11.8 Å². The zero-order chi connectivity index (χ0) is 23.0. The third-order valence-electron chi connectivity index (χ3n) is 6.84. The molecule has 3 saturated heterocycles. The Labute approximate surface area is 196 Å². The van der Waals surface area contributed by atoms with Crippen LogP contribution in [0.25, 0.3) is 0 Å². The van der Waals surface area contributed by atoms with Crippen molar-refractivity contribution >= 4 is 11.8 Å². The molecule has 2 amide bonds. The molecule has 0 unspecified atom stereocenters. The number of benzene rings is 1. The molecule has 0 saturated carbocycles. The fourth-order valence-corrected chi connectivity index (χ4v) is 4.64. The lowest BCUT2D eigenvalue weighted by Gasteiger charge is -2.38. The lowest BCUT2D eigenvalue weighted by molar-refractivity contribution is -0.137. The maximum absolute atomic E-state index is 12.8. The molecule has 1 aromatic rings. The first-order valence-electron chi connectivity index (χ1n) is 12.0. The van der Waals surface area contributed by atoms with Crippen molar-refractivity contribution in [2.24, 2.45) is 0 Å². The Morgan fingerprint density at radius 2 is 1.21 bits per heavy atom. The van der Waals surface area contributed by atoms with E-state index in [1.807, 2.05) is 21.9 Å². The van der Waals surface area contributed by atoms with Crippen LogP contribution in [-0.2, 0) is 20.9 Å². The van der Waals surface area contributed by atoms with Gasteiger partial charge in [-0.2, -0.15) is 0 Å². The second kappa shape index (κ2) is 11.8. The minimum Gasteiger partial charge on any atom is -0.497 e. The highest BCUT2D eigenvalue weighted by atomic mass is 16.5. The van der Waals surface area contributed by atoms with Gasteiger partial charge in [-0.3, -0.25) is 24.3 Å². The Hall–Kier alpha value is -2.20. The molecule has 3 aliphatic rings.